The maximum absolute atomic E-state index is 14.5. The highest BCUT2D eigenvalue weighted by molar-refractivity contribution is 7.50. The molecule has 342 valence electrons. The Labute approximate surface area is 369 Å². The minimum atomic E-state index is -4.73. The van der Waals surface area contributed by atoms with E-state index in [1.165, 1.54) is 114 Å². The molecule has 1 aliphatic heterocycles. The Kier molecular flexibility index (Phi) is 20.6. The molecule has 1 fully saturated rings. The van der Waals surface area contributed by atoms with Crippen molar-refractivity contribution >= 4 is 30.7 Å². The van der Waals surface area contributed by atoms with Crippen LogP contribution in [0.3, 0.4) is 0 Å². The minimum Gasteiger partial charge on any atom is -0.465 e. The van der Waals surface area contributed by atoms with Crippen LogP contribution in [0.4, 0.5) is 10.2 Å². The van der Waals surface area contributed by atoms with E-state index in [-0.39, 0.29) is 42.3 Å². The Balaban J connectivity index is 1.11. The van der Waals surface area contributed by atoms with Crippen LogP contribution in [0.1, 0.15) is 167 Å². The Morgan fingerprint density at radius 2 is 1.40 bits per heavy atom. The van der Waals surface area contributed by atoms with E-state index < -0.39 is 37.7 Å². The summed E-state index contributed by atoms with van der Waals surface area (Å²) in [5.74, 6) is -0.520. The number of imidazole rings is 1. The molecule has 2 aromatic carbocycles. The molecule has 0 amide bonds. The molecule has 1 saturated heterocycles. The molecule has 1 unspecified atom stereocenters. The molecule has 62 heavy (non-hydrogen) atoms. The van der Waals surface area contributed by atoms with Crippen LogP contribution in [-0.2, 0) is 25.3 Å². The lowest BCUT2D eigenvalue weighted by atomic mass is 10.0. The van der Waals surface area contributed by atoms with Crippen molar-refractivity contribution in [1.82, 2.24) is 24.2 Å². The van der Waals surface area contributed by atoms with Gasteiger partial charge >= 0.3 is 19.8 Å². The monoisotopic (exact) mass is 879 g/mol. The molecule has 0 radical (unpaired) electrons. The molecule has 5 rings (SSSR count). The number of unbranched alkanes of at least 4 members (excludes halogenated alkanes) is 19. The Bertz CT molecular complexity index is 1940. The first-order chi connectivity index (χ1) is 30.1. The molecule has 3 N–H and O–H groups in total. The normalized spacial score (nSPS) is 18.0. The van der Waals surface area contributed by atoms with Gasteiger partial charge in [-0.3, -0.25) is 9.36 Å². The van der Waals surface area contributed by atoms with Crippen LogP contribution in [0.15, 0.2) is 67.0 Å². The molecular formula is C48H72FN6O6P. The number of rotatable bonds is 31. The van der Waals surface area contributed by atoms with Crippen molar-refractivity contribution in [1.29, 1.82) is 0 Å². The van der Waals surface area contributed by atoms with E-state index in [0.29, 0.717) is 19.3 Å². The zero-order chi connectivity index (χ0) is 44.0. The highest BCUT2D eigenvalue weighted by Gasteiger charge is 2.48. The van der Waals surface area contributed by atoms with Gasteiger partial charge in [-0.15, -0.1) is 0 Å². The minimum absolute atomic E-state index is 0.0878. The van der Waals surface area contributed by atoms with Crippen LogP contribution in [-0.4, -0.2) is 59.8 Å². The number of anilines is 1. The van der Waals surface area contributed by atoms with Gasteiger partial charge in [0.15, 0.2) is 17.0 Å². The number of nitrogens with two attached hydrogens (primary N) is 1. The van der Waals surface area contributed by atoms with Gasteiger partial charge in [-0.2, -0.15) is 19.0 Å². The first-order valence-corrected chi connectivity index (χ1v) is 25.0. The van der Waals surface area contributed by atoms with Gasteiger partial charge in [-0.25, -0.2) is 9.55 Å². The topological polar surface area (TPSA) is 155 Å². The fourth-order valence-electron chi connectivity index (χ4n) is 8.47. The number of para-hydroxylation sites is 1. The SMILES string of the molecule is CCCCCCCCCCCCCCCCCCCCCCOC(=O)[C@H](Cc1ccccc1)N(C[C@]1(C)CC[C@H](n2cnc3c(N)nc(F)nc32)O1)P(=O)(O)Oc1ccccc1. The van der Waals surface area contributed by atoms with E-state index in [1.54, 1.807) is 34.9 Å². The second kappa shape index (κ2) is 26.0. The third-order valence-corrected chi connectivity index (χ3v) is 13.5. The summed E-state index contributed by atoms with van der Waals surface area (Å²) in [5, 5.41) is 0. The van der Waals surface area contributed by atoms with Crippen molar-refractivity contribution in [2.24, 2.45) is 0 Å². The van der Waals surface area contributed by atoms with E-state index in [4.69, 9.17) is 19.7 Å². The molecule has 4 aromatic rings. The number of fused-ring (bicyclic) bond motifs is 1. The zero-order valence-electron chi connectivity index (χ0n) is 37.3. The van der Waals surface area contributed by atoms with E-state index in [9.17, 15) is 18.6 Å². The van der Waals surface area contributed by atoms with Gasteiger partial charge in [0.2, 0.25) is 0 Å². The molecule has 0 aliphatic carbocycles. The summed E-state index contributed by atoms with van der Waals surface area (Å²) >= 11 is 0. The summed E-state index contributed by atoms with van der Waals surface area (Å²) in [6.45, 7) is 4.14. The first kappa shape index (κ1) is 49.1. The summed E-state index contributed by atoms with van der Waals surface area (Å²) in [7, 11) is -4.73. The smallest absolute Gasteiger partial charge is 0.459 e. The number of aromatic nitrogens is 4. The third kappa shape index (κ3) is 16.0. The average molecular weight is 879 g/mol. The van der Waals surface area contributed by atoms with Crippen molar-refractivity contribution in [2.75, 3.05) is 18.9 Å². The highest BCUT2D eigenvalue weighted by atomic mass is 31.2. The van der Waals surface area contributed by atoms with Gasteiger partial charge in [-0.1, -0.05) is 177 Å². The second-order valence-corrected chi connectivity index (χ2v) is 19.0. The number of esters is 1. The average Bonchev–Trinajstić information content (AvgIpc) is 3.86. The second-order valence-electron chi connectivity index (χ2n) is 17.3. The third-order valence-electron chi connectivity index (χ3n) is 12.0. The largest absolute Gasteiger partial charge is 0.465 e. The van der Waals surface area contributed by atoms with Gasteiger partial charge in [0, 0.05) is 6.54 Å². The van der Waals surface area contributed by atoms with Crippen LogP contribution in [0, 0.1) is 6.08 Å². The number of benzene rings is 2. The predicted molar refractivity (Wildman–Crippen MR) is 244 cm³/mol. The lowest BCUT2D eigenvalue weighted by molar-refractivity contribution is -0.150. The zero-order valence-corrected chi connectivity index (χ0v) is 38.2. The van der Waals surface area contributed by atoms with Crippen LogP contribution in [0.25, 0.3) is 11.2 Å². The summed E-state index contributed by atoms with van der Waals surface area (Å²) in [4.78, 5) is 37.7. The maximum Gasteiger partial charge on any atom is 0.459 e. The molecule has 0 saturated carbocycles. The maximum atomic E-state index is 14.5. The van der Waals surface area contributed by atoms with E-state index in [1.807, 2.05) is 37.3 Å². The van der Waals surface area contributed by atoms with Crippen molar-refractivity contribution in [2.45, 2.75) is 179 Å². The number of hydrogen-bond donors (Lipinski definition) is 2. The number of hydrogen-bond acceptors (Lipinski definition) is 9. The molecular weight excluding hydrogens is 807 g/mol. The molecule has 2 aromatic heterocycles. The van der Waals surface area contributed by atoms with E-state index >= 15 is 0 Å². The van der Waals surface area contributed by atoms with Gasteiger partial charge in [0.1, 0.15) is 18.0 Å². The number of halogens is 1. The lowest BCUT2D eigenvalue weighted by Gasteiger charge is -2.37. The molecule has 12 nitrogen and oxygen atoms in total. The highest BCUT2D eigenvalue weighted by Crippen LogP contribution is 2.51. The van der Waals surface area contributed by atoms with Gasteiger partial charge in [0.05, 0.1) is 18.5 Å². The number of carbonyl (C=O) groups is 1. The van der Waals surface area contributed by atoms with Crippen LogP contribution in [0.2, 0.25) is 0 Å². The first-order valence-electron chi connectivity index (χ1n) is 23.5. The summed E-state index contributed by atoms with van der Waals surface area (Å²) in [5.41, 5.74) is 6.06. The summed E-state index contributed by atoms with van der Waals surface area (Å²) < 4.78 is 49.8. The summed E-state index contributed by atoms with van der Waals surface area (Å²) in [6.07, 6.45) is 26.4. The van der Waals surface area contributed by atoms with Crippen molar-refractivity contribution < 1.29 is 32.6 Å². The van der Waals surface area contributed by atoms with Crippen LogP contribution in [0.5, 0.6) is 5.75 Å². The van der Waals surface area contributed by atoms with Crippen molar-refractivity contribution in [3.8, 4) is 5.75 Å². The van der Waals surface area contributed by atoms with Gasteiger partial charge < -0.3 is 24.6 Å². The molecule has 3 heterocycles. The fraction of sp³-hybridized carbons (Fsp3) is 0.625. The van der Waals surface area contributed by atoms with Gasteiger partial charge in [-0.05, 0) is 50.3 Å². The molecule has 4 atom stereocenters. The molecule has 1 aliphatic rings. The van der Waals surface area contributed by atoms with Gasteiger partial charge in [0.25, 0.3) is 0 Å². The Morgan fingerprint density at radius 3 is 1.97 bits per heavy atom. The van der Waals surface area contributed by atoms with Crippen molar-refractivity contribution in [3.63, 3.8) is 0 Å². The lowest BCUT2D eigenvalue weighted by Crippen LogP contribution is -2.49. The molecule has 0 bridgehead atoms. The number of nitrogens with zero attached hydrogens (tertiary/aromatic N) is 5. The van der Waals surface area contributed by atoms with Crippen LogP contribution >= 0.6 is 7.75 Å². The van der Waals surface area contributed by atoms with E-state index in [2.05, 4.69) is 21.9 Å². The van der Waals surface area contributed by atoms with Crippen molar-refractivity contribution in [3.05, 3.63) is 78.6 Å². The Hall–Kier alpha value is -3.90. The molecule has 0 spiro atoms. The molecule has 14 heteroatoms. The number of ether oxygens (including phenoxy) is 2. The Morgan fingerprint density at radius 1 is 0.871 bits per heavy atom. The summed E-state index contributed by atoms with van der Waals surface area (Å²) in [6, 6.07) is 16.5. The standard InChI is InChI=1S/C48H72FN6O6P/c1-3-4-5-6-7-8-9-10-11-12-13-14-15-16-17-18-19-20-21-28-35-59-46(56)41(36-39-29-24-22-25-30-39)55(62(57,58)61-40-31-26-23-27-32-40)37-48(2)34-33-42(60-48)54-38-51-43-44(50)52-47(49)53-45(43)54/h22-27,29-32,38,41-42H,3-21,28,33-37H2,1-2H3,(H,57,58)(H2,50,52,53)/t41-,42+,48-/m0/s1. The predicted octanol–water partition coefficient (Wildman–Crippen LogP) is 12.1. The number of nitrogen functional groups attached to an aromatic ring is 1. The van der Waals surface area contributed by atoms with Crippen LogP contribution < -0.4 is 10.3 Å². The quantitative estimate of drug-likeness (QED) is 0.0215. The van der Waals surface area contributed by atoms with E-state index in [0.717, 1.165) is 24.8 Å². The fourth-order valence-corrected chi connectivity index (χ4v) is 9.98. The number of carbonyl (C=O) groups excluding carboxylic acids is 1.